The zero-order valence-corrected chi connectivity index (χ0v) is 13.0. The van der Waals surface area contributed by atoms with Gasteiger partial charge in [-0.05, 0) is 31.2 Å². The van der Waals surface area contributed by atoms with E-state index in [1.807, 2.05) is 0 Å². The fourth-order valence-electron chi connectivity index (χ4n) is 2.07. The molecular formula is C14H13FN4O3S. The summed E-state index contributed by atoms with van der Waals surface area (Å²) in [6, 6.07) is 5.26. The van der Waals surface area contributed by atoms with Crippen molar-refractivity contribution in [1.29, 1.82) is 0 Å². The van der Waals surface area contributed by atoms with Crippen molar-refractivity contribution in [2.24, 2.45) is 0 Å². The summed E-state index contributed by atoms with van der Waals surface area (Å²) in [7, 11) is 0. The Bertz CT molecular complexity index is 734. The minimum Gasteiger partial charge on any atom is -0.411 e. The summed E-state index contributed by atoms with van der Waals surface area (Å²) in [5, 5.41) is 9.99. The van der Waals surface area contributed by atoms with Gasteiger partial charge in [-0.2, -0.15) is 0 Å². The van der Waals surface area contributed by atoms with Crippen molar-refractivity contribution in [3.05, 3.63) is 30.1 Å². The molecule has 0 unspecified atom stereocenters. The van der Waals surface area contributed by atoms with Gasteiger partial charge in [-0.25, -0.2) is 9.18 Å². The van der Waals surface area contributed by atoms with E-state index in [0.717, 1.165) is 16.7 Å². The fraction of sp³-hybridized carbons (Fsp3) is 0.286. The van der Waals surface area contributed by atoms with Crippen LogP contribution in [0.4, 0.5) is 9.18 Å². The first kappa shape index (κ1) is 15.5. The lowest BCUT2D eigenvalue weighted by Crippen LogP contribution is -2.38. The topological polar surface area (TPSA) is 88.3 Å². The molecule has 0 bridgehead atoms. The molecule has 1 aromatic heterocycles. The summed E-state index contributed by atoms with van der Waals surface area (Å²) < 4.78 is 18.4. The Kier molecular flexibility index (Phi) is 4.28. The number of hydrogen-bond acceptors (Lipinski definition) is 6. The first-order valence-corrected chi connectivity index (χ1v) is 7.78. The summed E-state index contributed by atoms with van der Waals surface area (Å²) in [5.74, 6) is -0.427. The SMILES string of the molecule is C[C@H](Sc1nnc(-c2ccc(F)cc2)o1)C(=O)N1CCNC1=O. The van der Waals surface area contributed by atoms with E-state index in [-0.39, 0.29) is 28.9 Å². The predicted octanol–water partition coefficient (Wildman–Crippen LogP) is 1.91. The monoisotopic (exact) mass is 336 g/mol. The second kappa shape index (κ2) is 6.37. The van der Waals surface area contributed by atoms with Gasteiger partial charge in [0.2, 0.25) is 11.8 Å². The van der Waals surface area contributed by atoms with Gasteiger partial charge < -0.3 is 9.73 Å². The quantitative estimate of drug-likeness (QED) is 0.858. The van der Waals surface area contributed by atoms with Gasteiger partial charge in [-0.3, -0.25) is 9.69 Å². The van der Waals surface area contributed by atoms with Gasteiger partial charge in [0, 0.05) is 18.7 Å². The number of halogens is 1. The van der Waals surface area contributed by atoms with Crippen LogP contribution in [0.1, 0.15) is 6.92 Å². The van der Waals surface area contributed by atoms with Crippen LogP contribution in [0.5, 0.6) is 0 Å². The minimum atomic E-state index is -0.541. The highest BCUT2D eigenvalue weighted by atomic mass is 32.2. The van der Waals surface area contributed by atoms with Crippen LogP contribution in [0.25, 0.3) is 11.5 Å². The number of imide groups is 1. The Labute approximate surface area is 135 Å². The summed E-state index contributed by atoms with van der Waals surface area (Å²) >= 11 is 1.07. The van der Waals surface area contributed by atoms with Gasteiger partial charge in [0.05, 0.1) is 5.25 Å². The Hall–Kier alpha value is -2.42. The number of nitrogens with zero attached hydrogens (tertiary/aromatic N) is 3. The summed E-state index contributed by atoms with van der Waals surface area (Å²) in [4.78, 5) is 24.8. The summed E-state index contributed by atoms with van der Waals surface area (Å²) in [6.07, 6.45) is 0. The van der Waals surface area contributed by atoms with Crippen molar-refractivity contribution >= 4 is 23.7 Å². The molecule has 0 spiro atoms. The van der Waals surface area contributed by atoms with Crippen LogP contribution in [0.2, 0.25) is 0 Å². The number of urea groups is 1. The van der Waals surface area contributed by atoms with Crippen molar-refractivity contribution < 1.29 is 18.4 Å². The molecule has 3 rings (SSSR count). The molecule has 9 heteroatoms. The fourth-order valence-corrected chi connectivity index (χ4v) is 2.82. The zero-order valence-electron chi connectivity index (χ0n) is 12.2. The van der Waals surface area contributed by atoms with E-state index in [1.54, 1.807) is 6.92 Å². The molecule has 1 aliphatic heterocycles. The first-order valence-electron chi connectivity index (χ1n) is 6.90. The Morgan fingerprint density at radius 3 is 2.78 bits per heavy atom. The average Bonchev–Trinajstić information content (AvgIpc) is 3.16. The molecule has 3 amide bonds. The highest BCUT2D eigenvalue weighted by Crippen LogP contribution is 2.27. The number of hydrogen-bond donors (Lipinski definition) is 1. The number of benzene rings is 1. The van der Waals surface area contributed by atoms with E-state index in [1.165, 1.54) is 24.3 Å². The molecule has 1 atom stereocenters. The highest BCUT2D eigenvalue weighted by molar-refractivity contribution is 8.00. The summed E-state index contributed by atoms with van der Waals surface area (Å²) in [6.45, 7) is 2.48. The molecule has 0 saturated carbocycles. The molecule has 7 nitrogen and oxygen atoms in total. The van der Waals surface area contributed by atoms with Crippen molar-refractivity contribution in [2.45, 2.75) is 17.4 Å². The van der Waals surface area contributed by atoms with Crippen LogP contribution in [0.15, 0.2) is 33.9 Å². The second-order valence-electron chi connectivity index (χ2n) is 4.86. The second-order valence-corrected chi connectivity index (χ2v) is 6.15. The number of carbonyl (C=O) groups is 2. The van der Waals surface area contributed by atoms with Crippen LogP contribution >= 0.6 is 11.8 Å². The standard InChI is InChI=1S/C14H13FN4O3S/c1-8(12(20)19-7-6-16-13(19)21)23-14-18-17-11(22-14)9-2-4-10(15)5-3-9/h2-5,8H,6-7H2,1H3,(H,16,21)/t8-/m0/s1. The van der Waals surface area contributed by atoms with E-state index in [9.17, 15) is 14.0 Å². The molecule has 1 fully saturated rings. The molecular weight excluding hydrogens is 323 g/mol. The smallest absolute Gasteiger partial charge is 0.324 e. The lowest BCUT2D eigenvalue weighted by Gasteiger charge is -2.15. The number of amides is 3. The van der Waals surface area contributed by atoms with Gasteiger partial charge >= 0.3 is 6.03 Å². The van der Waals surface area contributed by atoms with Gasteiger partial charge in [-0.1, -0.05) is 11.8 Å². The predicted molar refractivity (Wildman–Crippen MR) is 80.1 cm³/mol. The van der Waals surface area contributed by atoms with Crippen LogP contribution in [0, 0.1) is 5.82 Å². The molecule has 2 aromatic rings. The normalized spacial score (nSPS) is 15.6. The van der Waals surface area contributed by atoms with Crippen molar-refractivity contribution in [3.63, 3.8) is 0 Å². The van der Waals surface area contributed by atoms with E-state index < -0.39 is 5.25 Å². The molecule has 1 saturated heterocycles. The maximum atomic E-state index is 12.9. The van der Waals surface area contributed by atoms with Crippen LogP contribution in [-0.4, -0.2) is 45.4 Å². The molecule has 1 N–H and O–H groups in total. The summed E-state index contributed by atoms with van der Waals surface area (Å²) in [5.41, 5.74) is 0.587. The Balaban J connectivity index is 1.67. The molecule has 1 aromatic carbocycles. The van der Waals surface area contributed by atoms with Crippen molar-refractivity contribution in [2.75, 3.05) is 13.1 Å². The Morgan fingerprint density at radius 2 is 2.13 bits per heavy atom. The third-order valence-corrected chi connectivity index (χ3v) is 4.17. The van der Waals surface area contributed by atoms with Crippen molar-refractivity contribution in [3.8, 4) is 11.5 Å². The number of aromatic nitrogens is 2. The van der Waals surface area contributed by atoms with E-state index >= 15 is 0 Å². The Morgan fingerprint density at radius 1 is 1.39 bits per heavy atom. The number of nitrogens with one attached hydrogen (secondary N) is 1. The lowest BCUT2D eigenvalue weighted by atomic mass is 10.2. The largest absolute Gasteiger partial charge is 0.411 e. The maximum absolute atomic E-state index is 12.9. The van der Waals surface area contributed by atoms with Gasteiger partial charge in [0.15, 0.2) is 0 Å². The lowest BCUT2D eigenvalue weighted by molar-refractivity contribution is -0.126. The van der Waals surface area contributed by atoms with Crippen molar-refractivity contribution in [1.82, 2.24) is 20.4 Å². The van der Waals surface area contributed by atoms with E-state index in [2.05, 4.69) is 15.5 Å². The van der Waals surface area contributed by atoms with Crippen LogP contribution in [0.3, 0.4) is 0 Å². The number of carbonyl (C=O) groups excluding carboxylic acids is 2. The number of thioether (sulfide) groups is 1. The van der Waals surface area contributed by atoms with Crippen LogP contribution < -0.4 is 5.32 Å². The zero-order chi connectivity index (χ0) is 16.4. The first-order chi connectivity index (χ1) is 11.0. The average molecular weight is 336 g/mol. The number of rotatable bonds is 4. The van der Waals surface area contributed by atoms with Gasteiger partial charge in [0.25, 0.3) is 5.22 Å². The van der Waals surface area contributed by atoms with E-state index in [0.29, 0.717) is 18.7 Å². The molecule has 23 heavy (non-hydrogen) atoms. The van der Waals surface area contributed by atoms with Gasteiger partial charge in [0.1, 0.15) is 5.82 Å². The maximum Gasteiger partial charge on any atom is 0.324 e. The van der Waals surface area contributed by atoms with E-state index in [4.69, 9.17) is 4.42 Å². The molecule has 120 valence electrons. The molecule has 2 heterocycles. The van der Waals surface area contributed by atoms with Crippen LogP contribution in [-0.2, 0) is 4.79 Å². The highest BCUT2D eigenvalue weighted by Gasteiger charge is 2.31. The van der Waals surface area contributed by atoms with Gasteiger partial charge in [-0.15, -0.1) is 10.2 Å². The third kappa shape index (κ3) is 3.34. The molecule has 0 radical (unpaired) electrons. The minimum absolute atomic E-state index is 0.213. The third-order valence-electron chi connectivity index (χ3n) is 3.25. The molecule has 1 aliphatic rings. The molecule has 0 aliphatic carbocycles.